The molecule has 3 nitrogen and oxygen atoms in total. The van der Waals surface area contributed by atoms with Crippen LogP contribution >= 0.6 is 27.3 Å². The molecule has 0 bridgehead atoms. The molecule has 0 aromatic carbocycles. The normalized spacial score (nSPS) is 12.9. The van der Waals surface area contributed by atoms with Gasteiger partial charge in [0, 0.05) is 11.9 Å². The summed E-state index contributed by atoms with van der Waals surface area (Å²) in [5.41, 5.74) is -0.0158. The molecule has 0 aliphatic rings. The van der Waals surface area contributed by atoms with Crippen LogP contribution < -0.4 is 4.72 Å². The van der Waals surface area contributed by atoms with Gasteiger partial charge in [-0.05, 0) is 29.7 Å². The molecule has 1 heterocycles. The van der Waals surface area contributed by atoms with Gasteiger partial charge in [0.2, 0.25) is 10.0 Å². The number of nitrogens with one attached hydrogen (secondary N) is 1. The molecule has 1 aromatic heterocycles. The molecular weight excluding hydrogens is 322 g/mol. The predicted molar refractivity (Wildman–Crippen MR) is 76.3 cm³/mol. The number of sulfonamides is 1. The van der Waals surface area contributed by atoms with Gasteiger partial charge in [0.05, 0.1) is 0 Å². The van der Waals surface area contributed by atoms with Gasteiger partial charge in [-0.15, -0.1) is 11.3 Å². The highest BCUT2D eigenvalue weighted by Gasteiger charge is 2.22. The largest absolute Gasteiger partial charge is 0.250 e. The second-order valence-corrected chi connectivity index (χ2v) is 8.45. The van der Waals surface area contributed by atoms with Gasteiger partial charge in [-0.1, -0.05) is 35.8 Å². The maximum Gasteiger partial charge on any atom is 0.250 e. The lowest BCUT2D eigenvalue weighted by Gasteiger charge is -2.24. The van der Waals surface area contributed by atoms with Gasteiger partial charge in [0.15, 0.2) is 0 Å². The molecule has 6 heteroatoms. The molecule has 1 N–H and O–H groups in total. The third-order valence-corrected chi connectivity index (χ3v) is 5.85. The van der Waals surface area contributed by atoms with Crippen LogP contribution in [0.3, 0.4) is 0 Å². The smallest absolute Gasteiger partial charge is 0.210 e. The molecule has 0 aliphatic heterocycles. The van der Waals surface area contributed by atoms with Gasteiger partial charge in [-0.3, -0.25) is 0 Å². The molecule has 0 saturated carbocycles. The van der Waals surface area contributed by atoms with Crippen molar-refractivity contribution in [3.05, 3.63) is 17.5 Å². The van der Waals surface area contributed by atoms with Gasteiger partial charge in [0.25, 0.3) is 0 Å². The molecular formula is C11H18BrNO2S2. The summed E-state index contributed by atoms with van der Waals surface area (Å²) in [6, 6.07) is 3.37. The monoisotopic (exact) mass is 339 g/mol. The van der Waals surface area contributed by atoms with E-state index in [9.17, 15) is 8.42 Å². The lowest BCUT2D eigenvalue weighted by Crippen LogP contribution is -2.33. The van der Waals surface area contributed by atoms with E-state index >= 15 is 0 Å². The van der Waals surface area contributed by atoms with E-state index in [1.165, 1.54) is 11.3 Å². The van der Waals surface area contributed by atoms with Crippen molar-refractivity contribution in [3.63, 3.8) is 0 Å². The van der Waals surface area contributed by atoms with E-state index < -0.39 is 10.0 Å². The Morgan fingerprint density at radius 1 is 1.47 bits per heavy atom. The molecule has 0 amide bonds. The van der Waals surface area contributed by atoms with Gasteiger partial charge in [-0.25, -0.2) is 13.1 Å². The van der Waals surface area contributed by atoms with Crippen molar-refractivity contribution in [3.8, 4) is 0 Å². The van der Waals surface area contributed by atoms with Crippen molar-refractivity contribution in [1.29, 1.82) is 0 Å². The summed E-state index contributed by atoms with van der Waals surface area (Å²) in [6.45, 7) is 4.62. The Hall–Kier alpha value is 0.0900. The Balaban J connectivity index is 2.56. The zero-order valence-electron chi connectivity index (χ0n) is 10.1. The molecule has 0 fully saturated rings. The summed E-state index contributed by atoms with van der Waals surface area (Å²) in [6.07, 6.45) is 2.04. The fraction of sp³-hybridized carbons (Fsp3) is 0.636. The number of thiophene rings is 1. The Morgan fingerprint density at radius 2 is 2.18 bits per heavy atom. The van der Waals surface area contributed by atoms with Crippen LogP contribution in [0.1, 0.15) is 26.7 Å². The third kappa shape index (κ3) is 5.07. The maximum absolute atomic E-state index is 11.9. The highest BCUT2D eigenvalue weighted by Crippen LogP contribution is 2.23. The number of alkyl halides is 1. The number of halogens is 1. The quantitative estimate of drug-likeness (QED) is 0.775. The van der Waals surface area contributed by atoms with Gasteiger partial charge >= 0.3 is 0 Å². The minimum atomic E-state index is -3.32. The summed E-state index contributed by atoms with van der Waals surface area (Å²) in [4.78, 5) is 0. The molecule has 0 radical (unpaired) electrons. The van der Waals surface area contributed by atoms with E-state index in [1.807, 2.05) is 0 Å². The van der Waals surface area contributed by atoms with Gasteiger partial charge in [-0.2, -0.15) is 0 Å². The fourth-order valence-corrected chi connectivity index (χ4v) is 3.97. The van der Waals surface area contributed by atoms with Crippen LogP contribution in [-0.2, 0) is 10.0 Å². The summed E-state index contributed by atoms with van der Waals surface area (Å²) < 4.78 is 26.9. The first-order chi connectivity index (χ1) is 7.87. The first kappa shape index (κ1) is 15.1. The molecule has 17 heavy (non-hydrogen) atoms. The highest BCUT2D eigenvalue weighted by atomic mass is 79.9. The average Bonchev–Trinajstić information content (AvgIpc) is 2.78. The zero-order chi connectivity index (χ0) is 12.9. The number of hydrogen-bond acceptors (Lipinski definition) is 3. The molecule has 1 rings (SSSR count). The van der Waals surface area contributed by atoms with Crippen LogP contribution in [-0.4, -0.2) is 20.3 Å². The molecule has 0 saturated heterocycles. The second-order valence-electron chi connectivity index (χ2n) is 4.71. The summed E-state index contributed by atoms with van der Waals surface area (Å²) in [5.74, 6) is 0. The SMILES string of the molecule is CC(C)(CCCBr)CNS(=O)(=O)c1cccs1. The molecule has 98 valence electrons. The van der Waals surface area contributed by atoms with Gasteiger partial charge < -0.3 is 0 Å². The van der Waals surface area contributed by atoms with Crippen LogP contribution in [0, 0.1) is 5.41 Å². The molecule has 0 spiro atoms. The fourth-order valence-electron chi connectivity index (χ4n) is 1.41. The van der Waals surface area contributed by atoms with E-state index in [0.29, 0.717) is 10.8 Å². The van der Waals surface area contributed by atoms with E-state index in [2.05, 4.69) is 34.5 Å². The Labute approximate surface area is 116 Å². The van der Waals surface area contributed by atoms with E-state index in [-0.39, 0.29) is 5.41 Å². The van der Waals surface area contributed by atoms with Crippen LogP contribution in [0.5, 0.6) is 0 Å². The minimum Gasteiger partial charge on any atom is -0.210 e. The van der Waals surface area contributed by atoms with E-state index in [1.54, 1.807) is 17.5 Å². The van der Waals surface area contributed by atoms with Crippen molar-refractivity contribution in [2.75, 3.05) is 11.9 Å². The third-order valence-electron chi connectivity index (χ3n) is 2.49. The van der Waals surface area contributed by atoms with Crippen LogP contribution in [0.2, 0.25) is 0 Å². The van der Waals surface area contributed by atoms with Crippen molar-refractivity contribution in [2.45, 2.75) is 30.9 Å². The standard InChI is InChI=1S/C11H18BrNO2S2/c1-11(2,6-4-7-12)9-13-17(14,15)10-5-3-8-16-10/h3,5,8,13H,4,6-7,9H2,1-2H3. The maximum atomic E-state index is 11.9. The topological polar surface area (TPSA) is 46.2 Å². The van der Waals surface area contributed by atoms with E-state index in [4.69, 9.17) is 0 Å². The molecule has 1 aromatic rings. The highest BCUT2D eigenvalue weighted by molar-refractivity contribution is 9.09. The Morgan fingerprint density at radius 3 is 2.71 bits per heavy atom. The van der Waals surface area contributed by atoms with Gasteiger partial charge in [0.1, 0.15) is 4.21 Å². The van der Waals surface area contributed by atoms with Crippen LogP contribution in [0.25, 0.3) is 0 Å². The van der Waals surface area contributed by atoms with E-state index in [0.717, 1.165) is 18.2 Å². The van der Waals surface area contributed by atoms with Crippen LogP contribution in [0.15, 0.2) is 21.7 Å². The summed E-state index contributed by atoms with van der Waals surface area (Å²) in [7, 11) is -3.32. The lowest BCUT2D eigenvalue weighted by atomic mass is 9.88. The lowest BCUT2D eigenvalue weighted by molar-refractivity contribution is 0.332. The average molecular weight is 340 g/mol. The number of hydrogen-bond donors (Lipinski definition) is 1. The molecule has 0 atom stereocenters. The summed E-state index contributed by atoms with van der Waals surface area (Å²) >= 11 is 4.63. The second kappa shape index (κ2) is 6.31. The first-order valence-corrected chi connectivity index (χ1v) is 8.95. The van der Waals surface area contributed by atoms with Crippen molar-refractivity contribution in [2.24, 2.45) is 5.41 Å². The van der Waals surface area contributed by atoms with Crippen molar-refractivity contribution in [1.82, 2.24) is 4.72 Å². The van der Waals surface area contributed by atoms with Crippen LogP contribution in [0.4, 0.5) is 0 Å². The van der Waals surface area contributed by atoms with Crippen molar-refractivity contribution >= 4 is 37.3 Å². The Bertz CT molecular complexity index is 426. The first-order valence-electron chi connectivity index (χ1n) is 5.46. The minimum absolute atomic E-state index is 0.0158. The zero-order valence-corrected chi connectivity index (χ0v) is 13.3. The predicted octanol–water partition coefficient (Wildman–Crippen LogP) is 3.23. The van der Waals surface area contributed by atoms with Crippen molar-refractivity contribution < 1.29 is 8.42 Å². The Kier molecular flexibility index (Phi) is 5.63. The molecule has 0 unspecified atom stereocenters. The number of rotatable bonds is 7. The molecule has 0 aliphatic carbocycles. The summed E-state index contributed by atoms with van der Waals surface area (Å²) in [5, 5.41) is 2.72.